The molecule has 0 saturated carbocycles. The van der Waals surface area contributed by atoms with Crippen molar-refractivity contribution in [2.45, 2.75) is 6.92 Å². The topological polar surface area (TPSA) is 47.5 Å². The lowest BCUT2D eigenvalue weighted by Gasteiger charge is -1.89. The van der Waals surface area contributed by atoms with E-state index in [1.807, 2.05) is 0 Å². The number of imidazole rings is 1. The second-order valence-electron chi connectivity index (χ2n) is 2.28. The molecule has 56 valence electrons. The summed E-state index contributed by atoms with van der Waals surface area (Å²) in [4.78, 5) is 15.0. The summed E-state index contributed by atoms with van der Waals surface area (Å²) in [7, 11) is 0. The van der Waals surface area contributed by atoms with E-state index in [2.05, 4.69) is 9.40 Å². The van der Waals surface area contributed by atoms with E-state index in [1.165, 1.54) is 10.7 Å². The molecule has 2 heterocycles. The highest BCUT2D eigenvalue weighted by molar-refractivity contribution is 5.37. The van der Waals surface area contributed by atoms with Crippen molar-refractivity contribution < 1.29 is 4.42 Å². The van der Waals surface area contributed by atoms with E-state index in [9.17, 15) is 4.79 Å². The van der Waals surface area contributed by atoms with Crippen LogP contribution in [0, 0.1) is 6.92 Å². The third-order valence-corrected chi connectivity index (χ3v) is 1.53. The zero-order chi connectivity index (χ0) is 7.84. The molecule has 0 fully saturated rings. The van der Waals surface area contributed by atoms with Crippen LogP contribution in [0.25, 0.3) is 5.65 Å². The molecule has 0 atom stereocenters. The summed E-state index contributed by atoms with van der Waals surface area (Å²) in [6.07, 6.45) is 2.97. The Hall–Kier alpha value is -1.58. The lowest BCUT2D eigenvalue weighted by molar-refractivity contribution is 0.474. The van der Waals surface area contributed by atoms with Crippen LogP contribution in [0.2, 0.25) is 0 Å². The predicted molar refractivity (Wildman–Crippen MR) is 38.5 cm³/mol. The molecule has 0 unspecified atom stereocenters. The van der Waals surface area contributed by atoms with E-state index in [0.717, 1.165) is 5.69 Å². The minimum atomic E-state index is -0.391. The lowest BCUT2D eigenvalue weighted by Crippen LogP contribution is -2.10. The lowest BCUT2D eigenvalue weighted by atomic mass is 10.5. The molecule has 4 nitrogen and oxygen atoms in total. The highest BCUT2D eigenvalue weighted by Gasteiger charge is 2.00. The SMILES string of the molecule is Cc1cnc2ccoc(=O)n12. The maximum absolute atomic E-state index is 11.0. The molecule has 0 saturated heterocycles. The molecule has 0 aliphatic carbocycles. The van der Waals surface area contributed by atoms with Crippen LogP contribution in [0.3, 0.4) is 0 Å². The van der Waals surface area contributed by atoms with E-state index in [-0.39, 0.29) is 0 Å². The molecular formula is C7H6N2O2. The predicted octanol–water partition coefficient (Wildman–Crippen LogP) is 0.596. The molecular weight excluding hydrogens is 144 g/mol. The van der Waals surface area contributed by atoms with Crippen LogP contribution >= 0.6 is 0 Å². The molecule has 0 amide bonds. The summed E-state index contributed by atoms with van der Waals surface area (Å²) in [5.74, 6) is -0.391. The largest absolute Gasteiger partial charge is 0.424 e. The van der Waals surface area contributed by atoms with Crippen molar-refractivity contribution in [2.75, 3.05) is 0 Å². The average molecular weight is 150 g/mol. The van der Waals surface area contributed by atoms with Gasteiger partial charge in [0.2, 0.25) is 0 Å². The van der Waals surface area contributed by atoms with E-state index < -0.39 is 5.76 Å². The van der Waals surface area contributed by atoms with Crippen molar-refractivity contribution in [2.24, 2.45) is 0 Å². The molecule has 0 N–H and O–H groups in total. The van der Waals surface area contributed by atoms with E-state index in [4.69, 9.17) is 0 Å². The Morgan fingerprint density at radius 3 is 3.18 bits per heavy atom. The fourth-order valence-corrected chi connectivity index (χ4v) is 1.02. The van der Waals surface area contributed by atoms with Gasteiger partial charge in [-0.2, -0.15) is 0 Å². The van der Waals surface area contributed by atoms with Crippen molar-refractivity contribution in [3.63, 3.8) is 0 Å². The number of rotatable bonds is 0. The zero-order valence-corrected chi connectivity index (χ0v) is 5.94. The number of hydrogen-bond acceptors (Lipinski definition) is 3. The van der Waals surface area contributed by atoms with Crippen molar-refractivity contribution in [3.8, 4) is 0 Å². The van der Waals surface area contributed by atoms with Gasteiger partial charge in [0.25, 0.3) is 0 Å². The third-order valence-electron chi connectivity index (χ3n) is 1.53. The van der Waals surface area contributed by atoms with Gasteiger partial charge in [0, 0.05) is 18.0 Å². The van der Waals surface area contributed by atoms with E-state index >= 15 is 0 Å². The summed E-state index contributed by atoms with van der Waals surface area (Å²) < 4.78 is 6.06. The maximum atomic E-state index is 11.0. The van der Waals surface area contributed by atoms with E-state index in [0.29, 0.717) is 5.65 Å². The first-order valence-corrected chi connectivity index (χ1v) is 3.21. The molecule has 0 bridgehead atoms. The van der Waals surface area contributed by atoms with Crippen LogP contribution in [0.15, 0.2) is 27.7 Å². The van der Waals surface area contributed by atoms with Crippen molar-refractivity contribution in [3.05, 3.63) is 34.8 Å². The molecule has 0 aromatic carbocycles. The van der Waals surface area contributed by atoms with Crippen LogP contribution in [0.4, 0.5) is 0 Å². The molecule has 11 heavy (non-hydrogen) atoms. The molecule has 0 radical (unpaired) electrons. The monoisotopic (exact) mass is 150 g/mol. The van der Waals surface area contributed by atoms with Crippen LogP contribution in [0.5, 0.6) is 0 Å². The van der Waals surface area contributed by atoms with Gasteiger partial charge in [0.05, 0.1) is 0 Å². The Morgan fingerprint density at radius 1 is 1.64 bits per heavy atom. The Kier molecular flexibility index (Phi) is 1.09. The van der Waals surface area contributed by atoms with Crippen molar-refractivity contribution >= 4 is 5.65 Å². The molecule has 0 spiro atoms. The molecule has 2 aromatic heterocycles. The van der Waals surface area contributed by atoms with Crippen molar-refractivity contribution in [1.29, 1.82) is 0 Å². The van der Waals surface area contributed by atoms with Crippen LogP contribution < -0.4 is 5.76 Å². The first-order valence-electron chi connectivity index (χ1n) is 3.21. The van der Waals surface area contributed by atoms with E-state index in [1.54, 1.807) is 19.2 Å². The zero-order valence-electron chi connectivity index (χ0n) is 5.94. The molecule has 4 heteroatoms. The minimum absolute atomic E-state index is 0.391. The number of aromatic nitrogens is 2. The summed E-state index contributed by atoms with van der Waals surface area (Å²) >= 11 is 0. The summed E-state index contributed by atoms with van der Waals surface area (Å²) in [5, 5.41) is 0. The standard InChI is InChI=1S/C7H6N2O2/c1-5-4-8-6-2-3-11-7(10)9(5)6/h2-4H,1H3. The Bertz CT molecular complexity index is 441. The highest BCUT2D eigenvalue weighted by atomic mass is 16.4. The van der Waals surface area contributed by atoms with Gasteiger partial charge in [0.1, 0.15) is 11.9 Å². The number of aryl methyl sites for hydroxylation is 1. The number of hydrogen-bond donors (Lipinski definition) is 0. The van der Waals surface area contributed by atoms with Gasteiger partial charge in [-0.25, -0.2) is 14.2 Å². The van der Waals surface area contributed by atoms with Gasteiger partial charge in [-0.1, -0.05) is 0 Å². The van der Waals surface area contributed by atoms with Crippen LogP contribution in [-0.4, -0.2) is 9.38 Å². The fourth-order valence-electron chi connectivity index (χ4n) is 1.02. The fraction of sp³-hybridized carbons (Fsp3) is 0.143. The normalized spacial score (nSPS) is 10.6. The van der Waals surface area contributed by atoms with Crippen LogP contribution in [-0.2, 0) is 0 Å². The molecule has 0 aliphatic heterocycles. The summed E-state index contributed by atoms with van der Waals surface area (Å²) in [6.45, 7) is 1.80. The van der Waals surface area contributed by atoms with Gasteiger partial charge in [-0.15, -0.1) is 0 Å². The van der Waals surface area contributed by atoms with Crippen molar-refractivity contribution in [1.82, 2.24) is 9.38 Å². The first-order chi connectivity index (χ1) is 5.29. The second-order valence-corrected chi connectivity index (χ2v) is 2.28. The Labute approximate surface area is 62.1 Å². The Balaban J connectivity index is 3.08. The van der Waals surface area contributed by atoms with Gasteiger partial charge in [-0.05, 0) is 6.92 Å². The average Bonchev–Trinajstić information content (AvgIpc) is 2.34. The number of fused-ring (bicyclic) bond motifs is 1. The third kappa shape index (κ3) is 0.756. The van der Waals surface area contributed by atoms with Gasteiger partial charge < -0.3 is 4.42 Å². The van der Waals surface area contributed by atoms with Gasteiger partial charge in [0.15, 0.2) is 0 Å². The first kappa shape index (κ1) is 6.15. The minimum Gasteiger partial charge on any atom is -0.417 e. The Morgan fingerprint density at radius 2 is 2.45 bits per heavy atom. The molecule has 2 rings (SSSR count). The quantitative estimate of drug-likeness (QED) is 0.552. The highest BCUT2D eigenvalue weighted by Crippen LogP contribution is 1.99. The van der Waals surface area contributed by atoms with Crippen LogP contribution in [0.1, 0.15) is 5.69 Å². The summed E-state index contributed by atoms with van der Waals surface area (Å²) in [5.41, 5.74) is 1.41. The second kappa shape index (κ2) is 1.95. The summed E-state index contributed by atoms with van der Waals surface area (Å²) in [6, 6.07) is 1.65. The number of nitrogens with zero attached hydrogens (tertiary/aromatic N) is 2. The molecule has 0 aliphatic rings. The maximum Gasteiger partial charge on any atom is 0.424 e. The van der Waals surface area contributed by atoms with Gasteiger partial charge in [-0.3, -0.25) is 0 Å². The van der Waals surface area contributed by atoms with Gasteiger partial charge >= 0.3 is 5.76 Å². The molecule has 2 aromatic rings. The smallest absolute Gasteiger partial charge is 0.417 e.